The molecule has 0 saturated heterocycles. The maximum absolute atomic E-state index is 12.8. The topological polar surface area (TPSA) is 33.2 Å². The molecule has 0 aliphatic carbocycles. The summed E-state index contributed by atoms with van der Waals surface area (Å²) in [6, 6.07) is 20.7. The number of rotatable bonds is 4. The third kappa shape index (κ3) is 3.52. The molecule has 0 saturated carbocycles. The van der Waals surface area contributed by atoms with Crippen LogP contribution in [0.25, 0.3) is 11.1 Å². The van der Waals surface area contributed by atoms with Crippen LogP contribution in [0.3, 0.4) is 0 Å². The lowest BCUT2D eigenvalue weighted by atomic mass is 9.96. The van der Waals surface area contributed by atoms with Gasteiger partial charge in [-0.05, 0) is 65.8 Å². The molecule has 1 aliphatic heterocycles. The Morgan fingerprint density at radius 1 is 0.962 bits per heavy atom. The summed E-state index contributed by atoms with van der Waals surface area (Å²) in [6.45, 7) is 0.815. The van der Waals surface area contributed by atoms with Crippen LogP contribution in [0.1, 0.15) is 24.0 Å². The van der Waals surface area contributed by atoms with Crippen molar-refractivity contribution in [3.8, 4) is 11.1 Å². The Bertz CT molecular complexity index is 891. The molecule has 0 radical (unpaired) electrons. The smallest absolute Gasteiger partial charge is 0.227 e. The Balaban J connectivity index is 1.52. The molecular formula is C23H22N2O. The van der Waals surface area contributed by atoms with Crippen molar-refractivity contribution >= 4 is 11.6 Å². The molecule has 2 heterocycles. The quantitative estimate of drug-likeness (QED) is 0.691. The maximum atomic E-state index is 12.8. The summed E-state index contributed by atoms with van der Waals surface area (Å²) in [7, 11) is 0. The molecule has 0 unspecified atom stereocenters. The van der Waals surface area contributed by atoms with E-state index in [1.807, 2.05) is 47.6 Å². The number of aryl methyl sites for hydroxylation is 2. The monoisotopic (exact) mass is 342 g/mol. The lowest BCUT2D eigenvalue weighted by Crippen LogP contribution is -2.35. The van der Waals surface area contributed by atoms with Gasteiger partial charge in [0.05, 0.1) is 0 Å². The number of amides is 1. The Hall–Kier alpha value is -2.94. The first-order valence-corrected chi connectivity index (χ1v) is 9.19. The number of hydrogen-bond acceptors (Lipinski definition) is 2. The van der Waals surface area contributed by atoms with Gasteiger partial charge in [-0.3, -0.25) is 9.78 Å². The van der Waals surface area contributed by atoms with Crippen molar-refractivity contribution in [2.45, 2.75) is 25.7 Å². The highest BCUT2D eigenvalue weighted by molar-refractivity contribution is 5.95. The van der Waals surface area contributed by atoms with Crippen LogP contribution in [0.2, 0.25) is 0 Å². The molecule has 0 spiro atoms. The van der Waals surface area contributed by atoms with Crippen LogP contribution in [-0.4, -0.2) is 17.4 Å². The highest BCUT2D eigenvalue weighted by Gasteiger charge is 2.22. The molecule has 1 amide bonds. The number of aromatic nitrogens is 1. The van der Waals surface area contributed by atoms with Crippen molar-refractivity contribution in [2.24, 2.45) is 0 Å². The molecule has 3 heteroatoms. The molecule has 4 rings (SSSR count). The Morgan fingerprint density at radius 2 is 1.77 bits per heavy atom. The summed E-state index contributed by atoms with van der Waals surface area (Å²) in [5, 5.41) is 0. The van der Waals surface area contributed by atoms with E-state index < -0.39 is 0 Å². The van der Waals surface area contributed by atoms with Crippen molar-refractivity contribution in [1.29, 1.82) is 0 Å². The van der Waals surface area contributed by atoms with Gasteiger partial charge in [-0.25, -0.2) is 0 Å². The third-order valence-electron chi connectivity index (χ3n) is 4.98. The lowest BCUT2D eigenvalue weighted by molar-refractivity contribution is -0.118. The number of carbonyl (C=O) groups is 1. The molecule has 3 nitrogen and oxygen atoms in total. The van der Waals surface area contributed by atoms with Crippen molar-refractivity contribution < 1.29 is 4.79 Å². The normalized spacial score (nSPS) is 13.3. The second-order valence-electron chi connectivity index (χ2n) is 6.71. The SMILES string of the molecule is O=C(CCc1ccccc1)N1CCCc2cc(-c3ccncc3)ccc21. The molecule has 26 heavy (non-hydrogen) atoms. The fourth-order valence-electron chi connectivity index (χ4n) is 3.61. The largest absolute Gasteiger partial charge is 0.312 e. The molecule has 0 atom stereocenters. The van der Waals surface area contributed by atoms with Gasteiger partial charge in [-0.2, -0.15) is 0 Å². The Kier molecular flexibility index (Phi) is 4.78. The summed E-state index contributed by atoms with van der Waals surface area (Å²) in [4.78, 5) is 18.9. The van der Waals surface area contributed by atoms with Gasteiger partial charge in [-0.15, -0.1) is 0 Å². The van der Waals surface area contributed by atoms with Crippen LogP contribution in [0.5, 0.6) is 0 Å². The minimum Gasteiger partial charge on any atom is -0.312 e. The number of carbonyl (C=O) groups excluding carboxylic acids is 1. The molecular weight excluding hydrogens is 320 g/mol. The third-order valence-corrected chi connectivity index (χ3v) is 4.98. The first-order valence-electron chi connectivity index (χ1n) is 9.19. The molecule has 3 aromatic rings. The number of nitrogens with zero attached hydrogens (tertiary/aromatic N) is 2. The molecule has 130 valence electrons. The van der Waals surface area contributed by atoms with Gasteiger partial charge in [0, 0.05) is 31.0 Å². The fourth-order valence-corrected chi connectivity index (χ4v) is 3.61. The number of fused-ring (bicyclic) bond motifs is 1. The average molecular weight is 342 g/mol. The number of pyridine rings is 1. The van der Waals surface area contributed by atoms with E-state index in [2.05, 4.69) is 35.3 Å². The van der Waals surface area contributed by atoms with Gasteiger partial charge in [0.15, 0.2) is 0 Å². The molecule has 1 aliphatic rings. The zero-order chi connectivity index (χ0) is 17.8. The number of hydrogen-bond donors (Lipinski definition) is 0. The average Bonchev–Trinajstić information content (AvgIpc) is 2.72. The predicted octanol–water partition coefficient (Wildman–Crippen LogP) is 4.66. The summed E-state index contributed by atoms with van der Waals surface area (Å²) < 4.78 is 0. The van der Waals surface area contributed by atoms with Crippen LogP contribution in [0.15, 0.2) is 73.1 Å². The first kappa shape index (κ1) is 16.5. The standard InChI is InChI=1S/C23H22N2O/c26-23(11-8-18-5-2-1-3-6-18)25-16-4-7-21-17-20(9-10-22(21)25)19-12-14-24-15-13-19/h1-3,5-6,9-10,12-15,17H,4,7-8,11,16H2. The Labute approximate surface area is 154 Å². The van der Waals surface area contributed by atoms with E-state index >= 15 is 0 Å². The van der Waals surface area contributed by atoms with E-state index in [0.29, 0.717) is 6.42 Å². The number of anilines is 1. The van der Waals surface area contributed by atoms with Gasteiger partial charge >= 0.3 is 0 Å². The maximum Gasteiger partial charge on any atom is 0.227 e. The lowest BCUT2D eigenvalue weighted by Gasteiger charge is -2.30. The molecule has 1 aromatic heterocycles. The molecule has 0 N–H and O–H groups in total. The van der Waals surface area contributed by atoms with E-state index in [1.165, 1.54) is 16.7 Å². The van der Waals surface area contributed by atoms with Gasteiger partial charge < -0.3 is 4.90 Å². The molecule has 2 aromatic carbocycles. The van der Waals surface area contributed by atoms with Crippen LogP contribution in [-0.2, 0) is 17.6 Å². The van der Waals surface area contributed by atoms with Crippen molar-refractivity contribution in [1.82, 2.24) is 4.98 Å². The predicted molar refractivity (Wildman–Crippen MR) is 105 cm³/mol. The van der Waals surface area contributed by atoms with E-state index in [9.17, 15) is 4.79 Å². The molecule has 0 fully saturated rings. The summed E-state index contributed by atoms with van der Waals surface area (Å²) >= 11 is 0. The van der Waals surface area contributed by atoms with Crippen molar-refractivity contribution in [3.05, 3.63) is 84.2 Å². The van der Waals surface area contributed by atoms with Crippen LogP contribution < -0.4 is 4.90 Å². The second kappa shape index (κ2) is 7.52. The van der Waals surface area contributed by atoms with Crippen molar-refractivity contribution in [3.63, 3.8) is 0 Å². The van der Waals surface area contributed by atoms with Crippen LogP contribution in [0, 0.1) is 0 Å². The van der Waals surface area contributed by atoms with Gasteiger partial charge in [-0.1, -0.05) is 36.4 Å². The first-order chi connectivity index (χ1) is 12.8. The van der Waals surface area contributed by atoms with Crippen LogP contribution in [0.4, 0.5) is 5.69 Å². The highest BCUT2D eigenvalue weighted by atomic mass is 16.2. The summed E-state index contributed by atoms with van der Waals surface area (Å²) in [6.07, 6.45) is 7.01. The molecule has 0 bridgehead atoms. The van der Waals surface area contributed by atoms with Gasteiger partial charge in [0.1, 0.15) is 0 Å². The van der Waals surface area contributed by atoms with Crippen molar-refractivity contribution in [2.75, 3.05) is 11.4 Å². The minimum absolute atomic E-state index is 0.214. The fraction of sp³-hybridized carbons (Fsp3) is 0.217. The summed E-state index contributed by atoms with van der Waals surface area (Å²) in [5.41, 5.74) is 5.90. The second-order valence-corrected chi connectivity index (χ2v) is 6.71. The number of benzene rings is 2. The zero-order valence-corrected chi connectivity index (χ0v) is 14.8. The van der Waals surface area contributed by atoms with E-state index in [-0.39, 0.29) is 5.91 Å². The van der Waals surface area contributed by atoms with E-state index in [4.69, 9.17) is 0 Å². The van der Waals surface area contributed by atoms with E-state index in [0.717, 1.165) is 37.1 Å². The van der Waals surface area contributed by atoms with Gasteiger partial charge in [0.25, 0.3) is 0 Å². The zero-order valence-electron chi connectivity index (χ0n) is 14.8. The van der Waals surface area contributed by atoms with Crippen LogP contribution >= 0.6 is 0 Å². The van der Waals surface area contributed by atoms with E-state index in [1.54, 1.807) is 0 Å². The van der Waals surface area contributed by atoms with Gasteiger partial charge in [0.2, 0.25) is 5.91 Å². The summed E-state index contributed by atoms with van der Waals surface area (Å²) in [5.74, 6) is 0.214. The Morgan fingerprint density at radius 3 is 2.58 bits per heavy atom. The highest BCUT2D eigenvalue weighted by Crippen LogP contribution is 2.32. The minimum atomic E-state index is 0.214.